The molecule has 0 aliphatic rings. The number of hydrogen-bond donors (Lipinski definition) is 1. The van der Waals surface area contributed by atoms with Crippen molar-refractivity contribution in [2.45, 2.75) is 20.0 Å². The van der Waals surface area contributed by atoms with Gasteiger partial charge in [0.15, 0.2) is 0 Å². The molecule has 2 aromatic carbocycles. The lowest BCUT2D eigenvalue weighted by Gasteiger charge is -2.28. The van der Waals surface area contributed by atoms with Gasteiger partial charge >= 0.3 is 6.03 Å². The average molecular weight is 548 g/mol. The van der Waals surface area contributed by atoms with Crippen molar-refractivity contribution in [3.8, 4) is 0 Å². The normalized spacial score (nSPS) is 10.7. The molecule has 3 amide bonds. The van der Waals surface area contributed by atoms with E-state index in [1.54, 1.807) is 47.6 Å². The van der Waals surface area contributed by atoms with Crippen molar-refractivity contribution < 1.29 is 18.7 Å². The first-order valence-electron chi connectivity index (χ1n) is 10.7. The summed E-state index contributed by atoms with van der Waals surface area (Å²) in [5.41, 5.74) is 2.54. The smallest absolute Gasteiger partial charge is 0.322 e. The number of ether oxygens (including phenoxy) is 1. The number of nitrogens with zero attached hydrogens (tertiary/aromatic N) is 2. The van der Waals surface area contributed by atoms with Gasteiger partial charge in [0.1, 0.15) is 12.4 Å². The van der Waals surface area contributed by atoms with Crippen LogP contribution in [0.25, 0.3) is 0 Å². The second kappa shape index (κ2) is 12.6. The summed E-state index contributed by atoms with van der Waals surface area (Å²) in [7, 11) is 1.55. The zero-order valence-electron chi connectivity index (χ0n) is 19.1. The van der Waals surface area contributed by atoms with Gasteiger partial charge in [0, 0.05) is 35.2 Å². The van der Waals surface area contributed by atoms with Crippen molar-refractivity contribution in [1.29, 1.82) is 0 Å². The SMILES string of the molecule is COCCN(CC(=O)N(Cc1ccc(F)cc1)Cc1sccc1C)C(=O)Nc1ccc(Br)cc1. The Hall–Kier alpha value is -2.75. The Labute approximate surface area is 211 Å². The van der Waals surface area contributed by atoms with Crippen LogP contribution in [0, 0.1) is 12.7 Å². The van der Waals surface area contributed by atoms with Crippen LogP contribution in [0.4, 0.5) is 14.9 Å². The molecule has 9 heteroatoms. The van der Waals surface area contributed by atoms with Gasteiger partial charge < -0.3 is 19.9 Å². The highest BCUT2D eigenvalue weighted by Crippen LogP contribution is 2.20. The first-order chi connectivity index (χ1) is 16.4. The topological polar surface area (TPSA) is 61.9 Å². The van der Waals surface area contributed by atoms with Crippen molar-refractivity contribution in [2.75, 3.05) is 32.1 Å². The summed E-state index contributed by atoms with van der Waals surface area (Å²) in [4.78, 5) is 30.6. The molecule has 0 bridgehead atoms. The summed E-state index contributed by atoms with van der Waals surface area (Å²) in [6.45, 7) is 3.16. The maximum absolute atomic E-state index is 13.4. The number of carbonyl (C=O) groups excluding carboxylic acids is 2. The number of benzene rings is 2. The van der Waals surface area contributed by atoms with Crippen LogP contribution in [-0.2, 0) is 22.6 Å². The minimum Gasteiger partial charge on any atom is -0.383 e. The van der Waals surface area contributed by atoms with Crippen molar-refractivity contribution in [2.24, 2.45) is 0 Å². The highest BCUT2D eigenvalue weighted by atomic mass is 79.9. The number of aryl methyl sites for hydroxylation is 1. The van der Waals surface area contributed by atoms with Crippen molar-refractivity contribution in [3.63, 3.8) is 0 Å². The summed E-state index contributed by atoms with van der Waals surface area (Å²) >= 11 is 4.95. The molecule has 1 aromatic heterocycles. The largest absolute Gasteiger partial charge is 0.383 e. The molecular formula is C25H27BrFN3O3S. The Morgan fingerprint density at radius 2 is 1.74 bits per heavy atom. The Balaban J connectivity index is 1.76. The van der Waals surface area contributed by atoms with Crippen LogP contribution in [0.2, 0.25) is 0 Å². The van der Waals surface area contributed by atoms with Crippen LogP contribution >= 0.6 is 27.3 Å². The fourth-order valence-electron chi connectivity index (χ4n) is 3.23. The highest BCUT2D eigenvalue weighted by molar-refractivity contribution is 9.10. The van der Waals surface area contributed by atoms with Gasteiger partial charge in [0.25, 0.3) is 0 Å². The van der Waals surface area contributed by atoms with Gasteiger partial charge in [0.2, 0.25) is 5.91 Å². The van der Waals surface area contributed by atoms with E-state index in [0.29, 0.717) is 25.4 Å². The van der Waals surface area contributed by atoms with Crippen LogP contribution in [0.1, 0.15) is 16.0 Å². The van der Waals surface area contributed by atoms with Gasteiger partial charge in [-0.05, 0) is 65.9 Å². The van der Waals surface area contributed by atoms with E-state index in [4.69, 9.17) is 4.74 Å². The second-order valence-electron chi connectivity index (χ2n) is 7.75. The van der Waals surface area contributed by atoms with Gasteiger partial charge in [-0.2, -0.15) is 0 Å². The van der Waals surface area contributed by atoms with Crippen LogP contribution in [0.5, 0.6) is 0 Å². The first-order valence-corrected chi connectivity index (χ1v) is 12.4. The maximum atomic E-state index is 13.4. The zero-order chi connectivity index (χ0) is 24.5. The number of thiophene rings is 1. The number of methoxy groups -OCH3 is 1. The predicted molar refractivity (Wildman–Crippen MR) is 136 cm³/mol. The van der Waals surface area contributed by atoms with E-state index in [0.717, 1.165) is 20.5 Å². The zero-order valence-corrected chi connectivity index (χ0v) is 21.5. The van der Waals surface area contributed by atoms with E-state index < -0.39 is 0 Å². The van der Waals surface area contributed by atoms with E-state index in [1.807, 2.05) is 30.5 Å². The number of rotatable bonds is 10. The minimum absolute atomic E-state index is 0.114. The lowest BCUT2D eigenvalue weighted by atomic mass is 10.2. The molecule has 34 heavy (non-hydrogen) atoms. The van der Waals surface area contributed by atoms with Crippen LogP contribution in [0.3, 0.4) is 0 Å². The van der Waals surface area contributed by atoms with Gasteiger partial charge in [-0.15, -0.1) is 11.3 Å². The molecule has 180 valence electrons. The van der Waals surface area contributed by atoms with Gasteiger partial charge in [-0.3, -0.25) is 4.79 Å². The number of halogens is 2. The molecule has 0 aliphatic carbocycles. The lowest BCUT2D eigenvalue weighted by Crippen LogP contribution is -2.45. The number of urea groups is 1. The maximum Gasteiger partial charge on any atom is 0.322 e. The fraction of sp³-hybridized carbons (Fsp3) is 0.280. The molecule has 3 rings (SSSR count). The monoisotopic (exact) mass is 547 g/mol. The van der Waals surface area contributed by atoms with E-state index >= 15 is 0 Å². The predicted octanol–water partition coefficient (Wildman–Crippen LogP) is 5.67. The number of amides is 3. The Morgan fingerprint density at radius 3 is 2.35 bits per heavy atom. The fourth-order valence-corrected chi connectivity index (χ4v) is 4.42. The molecule has 0 fully saturated rings. The lowest BCUT2D eigenvalue weighted by molar-refractivity contribution is -0.133. The molecule has 0 unspecified atom stereocenters. The van der Waals surface area contributed by atoms with E-state index in [9.17, 15) is 14.0 Å². The molecule has 6 nitrogen and oxygen atoms in total. The molecule has 1 heterocycles. The minimum atomic E-state index is -0.387. The molecule has 0 radical (unpaired) electrons. The van der Waals surface area contributed by atoms with Crippen molar-refractivity contribution in [1.82, 2.24) is 9.80 Å². The van der Waals surface area contributed by atoms with Crippen molar-refractivity contribution >= 4 is 44.9 Å². The summed E-state index contributed by atoms with van der Waals surface area (Å²) in [6.07, 6.45) is 0. The molecule has 0 atom stereocenters. The highest BCUT2D eigenvalue weighted by Gasteiger charge is 2.23. The summed E-state index contributed by atoms with van der Waals surface area (Å²) in [6, 6.07) is 14.9. The Morgan fingerprint density at radius 1 is 1.03 bits per heavy atom. The summed E-state index contributed by atoms with van der Waals surface area (Å²) in [5.74, 6) is -0.537. The standard InChI is InChI=1S/C25H27BrFN3O3S/c1-18-11-14-34-23(18)16-30(15-19-3-7-21(27)8-4-19)24(31)17-29(12-13-33-2)25(32)28-22-9-5-20(26)6-10-22/h3-11,14H,12-13,15-17H2,1-2H3,(H,28,32). The van der Waals surface area contributed by atoms with E-state index in [2.05, 4.69) is 21.2 Å². The third-order valence-corrected chi connectivity index (χ3v) is 6.75. The molecule has 0 saturated carbocycles. The third kappa shape index (κ3) is 7.65. The third-order valence-electron chi connectivity index (χ3n) is 5.22. The van der Waals surface area contributed by atoms with E-state index in [-0.39, 0.29) is 30.8 Å². The summed E-state index contributed by atoms with van der Waals surface area (Å²) < 4.78 is 19.4. The van der Waals surface area contributed by atoms with E-state index in [1.165, 1.54) is 17.0 Å². The van der Waals surface area contributed by atoms with Crippen LogP contribution in [0.15, 0.2) is 64.5 Å². The quantitative estimate of drug-likeness (QED) is 0.355. The Kier molecular flexibility index (Phi) is 9.62. The molecule has 0 aliphatic heterocycles. The van der Waals surface area contributed by atoms with Crippen LogP contribution in [-0.4, -0.2) is 48.5 Å². The molecular weight excluding hydrogens is 521 g/mol. The number of nitrogens with one attached hydrogen (secondary N) is 1. The van der Waals surface area contributed by atoms with Crippen molar-refractivity contribution in [3.05, 3.63) is 86.3 Å². The molecule has 1 N–H and O–H groups in total. The second-order valence-corrected chi connectivity index (χ2v) is 9.67. The molecule has 3 aromatic rings. The van der Waals surface area contributed by atoms with Crippen LogP contribution < -0.4 is 5.32 Å². The first kappa shape index (κ1) is 25.9. The van der Waals surface area contributed by atoms with Gasteiger partial charge in [-0.1, -0.05) is 28.1 Å². The molecule has 0 saturated heterocycles. The number of carbonyl (C=O) groups is 2. The van der Waals surface area contributed by atoms with Gasteiger partial charge in [0.05, 0.1) is 13.2 Å². The summed E-state index contributed by atoms with van der Waals surface area (Å²) in [5, 5.41) is 4.82. The Bertz CT molecular complexity index is 1090. The number of anilines is 1. The average Bonchev–Trinajstić information content (AvgIpc) is 3.23. The molecule has 0 spiro atoms. The van der Waals surface area contributed by atoms with Gasteiger partial charge in [-0.25, -0.2) is 9.18 Å². The number of hydrogen-bond acceptors (Lipinski definition) is 4.